The minimum Gasteiger partial charge on any atom is -0.370 e. The first kappa shape index (κ1) is 18.2. The van der Waals surface area contributed by atoms with Crippen molar-refractivity contribution < 1.29 is 9.59 Å². The van der Waals surface area contributed by atoms with Gasteiger partial charge in [-0.05, 0) is 55.7 Å². The highest BCUT2D eigenvalue weighted by Crippen LogP contribution is 2.40. The number of fused-ring (bicyclic) bond motifs is 1. The summed E-state index contributed by atoms with van der Waals surface area (Å²) in [6, 6.07) is 6.11. The van der Waals surface area contributed by atoms with Crippen LogP contribution in [0.3, 0.4) is 0 Å². The summed E-state index contributed by atoms with van der Waals surface area (Å²) < 4.78 is 1.97. The van der Waals surface area contributed by atoms with Crippen LogP contribution in [0.25, 0.3) is 0 Å². The molecule has 0 aliphatic heterocycles. The van der Waals surface area contributed by atoms with E-state index in [1.807, 2.05) is 10.6 Å². The molecule has 1 aromatic heterocycles. The van der Waals surface area contributed by atoms with Crippen LogP contribution in [-0.2, 0) is 24.2 Å². The summed E-state index contributed by atoms with van der Waals surface area (Å²) in [5.41, 5.74) is 8.77. The molecule has 2 N–H and O–H groups in total. The zero-order valence-electron chi connectivity index (χ0n) is 15.3. The van der Waals surface area contributed by atoms with Crippen LogP contribution in [0, 0.1) is 0 Å². The van der Waals surface area contributed by atoms with Gasteiger partial charge in [0.25, 0.3) is 0 Å². The maximum Gasteiger partial charge on any atom is 0.219 e. The fraction of sp³-hybridized carbons (Fsp3) is 0.500. The number of carbonyl (C=O) groups is 2. The molecule has 0 atom stereocenters. The average Bonchev–Trinajstić information content (AvgIpc) is 3.44. The minimum absolute atomic E-state index is 0.103. The number of primary amides is 1. The summed E-state index contributed by atoms with van der Waals surface area (Å²) in [6.07, 6.45) is 7.08. The van der Waals surface area contributed by atoms with E-state index >= 15 is 0 Å². The van der Waals surface area contributed by atoms with Crippen LogP contribution in [0.1, 0.15) is 65.3 Å². The molecule has 27 heavy (non-hydrogen) atoms. The molecule has 0 bridgehead atoms. The summed E-state index contributed by atoms with van der Waals surface area (Å²) in [5, 5.41) is 9.25. The number of benzene rings is 1. The predicted octanol–water partition coefficient (Wildman–Crippen LogP) is 2.88. The topological polar surface area (TPSA) is 90.9 Å². The first-order chi connectivity index (χ1) is 13.1. The van der Waals surface area contributed by atoms with Crippen molar-refractivity contribution in [3.8, 4) is 0 Å². The third-order valence-electron chi connectivity index (χ3n) is 5.27. The first-order valence-electron chi connectivity index (χ1n) is 9.61. The number of hydrogen-bond acceptors (Lipinski definition) is 5. The van der Waals surface area contributed by atoms with E-state index in [4.69, 9.17) is 5.73 Å². The molecule has 6 nitrogen and oxygen atoms in total. The van der Waals surface area contributed by atoms with Gasteiger partial charge in [0.15, 0.2) is 10.9 Å². The number of Topliss-reactive ketones (excluding diaryl/α,β-unsaturated/α-hetero) is 1. The third kappa shape index (κ3) is 4.24. The van der Waals surface area contributed by atoms with Crippen LogP contribution in [0.15, 0.2) is 23.4 Å². The fourth-order valence-electron chi connectivity index (χ4n) is 3.60. The van der Waals surface area contributed by atoms with E-state index in [0.717, 1.165) is 37.1 Å². The summed E-state index contributed by atoms with van der Waals surface area (Å²) in [6.45, 7) is 0.476. The number of nitrogens with zero attached hydrogens (tertiary/aromatic N) is 3. The Morgan fingerprint density at radius 2 is 1.93 bits per heavy atom. The van der Waals surface area contributed by atoms with Crippen LogP contribution >= 0.6 is 11.8 Å². The van der Waals surface area contributed by atoms with Crippen LogP contribution in [0.2, 0.25) is 0 Å². The Hall–Kier alpha value is -2.15. The van der Waals surface area contributed by atoms with Gasteiger partial charge in [0.2, 0.25) is 5.91 Å². The SMILES string of the molecule is NC(=O)CCn1c(SCC(=O)c2ccc3c(c2)CCCC3)nnc1C1CC1. The van der Waals surface area contributed by atoms with Gasteiger partial charge in [-0.3, -0.25) is 9.59 Å². The van der Waals surface area contributed by atoms with Gasteiger partial charge in [-0.25, -0.2) is 0 Å². The Bertz CT molecular complexity index is 873. The standard InChI is InChI=1S/C20H24N4O2S/c21-18(26)9-10-24-19(14-6-7-14)22-23-20(24)27-12-17(25)16-8-5-13-3-1-2-4-15(13)11-16/h5,8,11,14H,1-4,6-7,9-10,12H2,(H2,21,26). The molecule has 142 valence electrons. The summed E-state index contributed by atoms with van der Waals surface area (Å²) in [4.78, 5) is 23.9. The normalized spacial score (nSPS) is 16.1. The lowest BCUT2D eigenvalue weighted by atomic mass is 9.90. The molecule has 2 aliphatic rings. The molecule has 0 unspecified atom stereocenters. The van der Waals surface area contributed by atoms with E-state index < -0.39 is 0 Å². The van der Waals surface area contributed by atoms with E-state index in [1.165, 1.54) is 35.7 Å². The molecule has 2 aromatic rings. The third-order valence-corrected chi connectivity index (χ3v) is 6.24. The lowest BCUT2D eigenvalue weighted by Crippen LogP contribution is -2.16. The molecular formula is C20H24N4O2S. The molecule has 0 spiro atoms. The highest BCUT2D eigenvalue weighted by Gasteiger charge is 2.30. The number of amides is 1. The Labute approximate surface area is 162 Å². The molecule has 1 heterocycles. The Morgan fingerprint density at radius 1 is 1.15 bits per heavy atom. The van der Waals surface area contributed by atoms with E-state index in [0.29, 0.717) is 23.4 Å². The average molecular weight is 385 g/mol. The Balaban J connectivity index is 1.45. The smallest absolute Gasteiger partial charge is 0.219 e. The highest BCUT2D eigenvalue weighted by atomic mass is 32.2. The van der Waals surface area contributed by atoms with Crippen LogP contribution in [-0.4, -0.2) is 32.2 Å². The molecular weight excluding hydrogens is 360 g/mol. The number of hydrogen-bond donors (Lipinski definition) is 1. The van der Waals surface area contributed by atoms with E-state index in [2.05, 4.69) is 22.3 Å². The monoisotopic (exact) mass is 384 g/mol. The molecule has 1 fully saturated rings. The zero-order chi connectivity index (χ0) is 18.8. The van der Waals surface area contributed by atoms with Crippen molar-refractivity contribution >= 4 is 23.5 Å². The number of carbonyl (C=O) groups excluding carboxylic acids is 2. The van der Waals surface area contributed by atoms with Gasteiger partial charge in [-0.2, -0.15) is 0 Å². The Kier molecular flexibility index (Phi) is 5.29. The summed E-state index contributed by atoms with van der Waals surface area (Å²) in [5.74, 6) is 1.42. The van der Waals surface area contributed by atoms with Crippen molar-refractivity contribution in [2.24, 2.45) is 5.73 Å². The molecule has 0 radical (unpaired) electrons. The van der Waals surface area contributed by atoms with Crippen molar-refractivity contribution in [1.29, 1.82) is 0 Å². The lowest BCUT2D eigenvalue weighted by molar-refractivity contribution is -0.118. The number of aryl methyl sites for hydroxylation is 2. The number of nitrogens with two attached hydrogens (primary N) is 1. The predicted molar refractivity (Wildman–Crippen MR) is 104 cm³/mol. The molecule has 0 saturated heterocycles. The molecule has 1 saturated carbocycles. The fourth-order valence-corrected chi connectivity index (χ4v) is 4.47. The number of aromatic nitrogens is 3. The van der Waals surface area contributed by atoms with Gasteiger partial charge >= 0.3 is 0 Å². The van der Waals surface area contributed by atoms with E-state index in [1.54, 1.807) is 0 Å². The summed E-state index contributed by atoms with van der Waals surface area (Å²) in [7, 11) is 0. The van der Waals surface area contributed by atoms with Gasteiger partial charge in [0.05, 0.1) is 5.75 Å². The number of rotatable bonds is 8. The van der Waals surface area contributed by atoms with Crippen molar-refractivity contribution in [1.82, 2.24) is 14.8 Å². The maximum absolute atomic E-state index is 12.7. The first-order valence-corrected chi connectivity index (χ1v) is 10.6. The van der Waals surface area contributed by atoms with Gasteiger partial charge < -0.3 is 10.3 Å². The molecule has 7 heteroatoms. The largest absolute Gasteiger partial charge is 0.370 e. The molecule has 1 aromatic carbocycles. The van der Waals surface area contributed by atoms with Crippen molar-refractivity contribution in [2.45, 2.75) is 62.6 Å². The second-order valence-electron chi connectivity index (χ2n) is 7.39. The van der Waals surface area contributed by atoms with Crippen molar-refractivity contribution in [2.75, 3.05) is 5.75 Å². The van der Waals surface area contributed by atoms with E-state index in [9.17, 15) is 9.59 Å². The Morgan fingerprint density at radius 3 is 2.67 bits per heavy atom. The van der Waals surface area contributed by atoms with Gasteiger partial charge in [0.1, 0.15) is 5.82 Å². The number of thioether (sulfide) groups is 1. The van der Waals surface area contributed by atoms with Gasteiger partial charge in [-0.15, -0.1) is 10.2 Å². The quantitative estimate of drug-likeness (QED) is 0.558. The van der Waals surface area contributed by atoms with Crippen molar-refractivity contribution in [3.05, 3.63) is 40.7 Å². The second kappa shape index (κ2) is 7.84. The van der Waals surface area contributed by atoms with Gasteiger partial charge in [0, 0.05) is 24.4 Å². The highest BCUT2D eigenvalue weighted by molar-refractivity contribution is 7.99. The zero-order valence-corrected chi connectivity index (χ0v) is 16.1. The van der Waals surface area contributed by atoms with Crippen LogP contribution < -0.4 is 5.73 Å². The molecule has 1 amide bonds. The molecule has 4 rings (SSSR count). The maximum atomic E-state index is 12.7. The lowest BCUT2D eigenvalue weighted by Gasteiger charge is -2.16. The second-order valence-corrected chi connectivity index (χ2v) is 8.33. The minimum atomic E-state index is -0.341. The number of ketones is 1. The van der Waals surface area contributed by atoms with Gasteiger partial charge in [-0.1, -0.05) is 23.9 Å². The summed E-state index contributed by atoms with van der Waals surface area (Å²) >= 11 is 1.39. The van der Waals surface area contributed by atoms with Crippen LogP contribution in [0.4, 0.5) is 0 Å². The van der Waals surface area contributed by atoms with Crippen LogP contribution in [0.5, 0.6) is 0 Å². The van der Waals surface area contributed by atoms with Crippen molar-refractivity contribution in [3.63, 3.8) is 0 Å². The van der Waals surface area contributed by atoms with E-state index in [-0.39, 0.29) is 18.1 Å². The molecule has 2 aliphatic carbocycles.